The molecule has 0 amide bonds. The molecule has 0 saturated heterocycles. The van der Waals surface area contributed by atoms with Crippen LogP contribution in [-0.4, -0.2) is 20.3 Å². The largest absolute Gasteiger partial charge is 0.487 e. The van der Waals surface area contributed by atoms with Crippen molar-refractivity contribution >= 4 is 14.5 Å². The molecule has 0 aliphatic heterocycles. The Morgan fingerprint density at radius 1 is 1.50 bits per heavy atom. The second-order valence-corrected chi connectivity index (χ2v) is 7.18. The molecule has 4 nitrogen and oxygen atoms in total. The van der Waals surface area contributed by atoms with Crippen molar-refractivity contribution in [3.8, 4) is 5.75 Å². The third-order valence-corrected chi connectivity index (χ3v) is 4.78. The van der Waals surface area contributed by atoms with E-state index in [-0.39, 0.29) is 5.69 Å². The van der Waals surface area contributed by atoms with E-state index in [9.17, 15) is 10.1 Å². The van der Waals surface area contributed by atoms with Gasteiger partial charge in [0, 0.05) is 14.9 Å². The van der Waals surface area contributed by atoms with Crippen LogP contribution in [0.4, 0.5) is 5.69 Å². The van der Waals surface area contributed by atoms with Crippen molar-refractivity contribution < 1.29 is 9.66 Å². The first-order chi connectivity index (χ1) is 8.56. The maximum Gasteiger partial charge on any atom is 0.310 e. The Kier molecular flexibility index (Phi) is 5.58. The molecule has 0 heterocycles. The standard InChI is InChI=1S/C13H18NO3Si/c1-4-11(18(2)3)9-10-17-13-8-6-5-7-12(13)14(15)16/h4-8,11H,1,9-10H2,2-3H3. The van der Waals surface area contributed by atoms with Gasteiger partial charge < -0.3 is 4.74 Å². The molecule has 0 fully saturated rings. The van der Waals surface area contributed by atoms with Crippen molar-refractivity contribution in [2.45, 2.75) is 25.1 Å². The Balaban J connectivity index is 2.59. The third kappa shape index (κ3) is 3.99. The number of benzene rings is 1. The van der Waals surface area contributed by atoms with Gasteiger partial charge in [0.1, 0.15) is 0 Å². The molecule has 0 aliphatic rings. The van der Waals surface area contributed by atoms with Crippen LogP contribution < -0.4 is 4.74 Å². The van der Waals surface area contributed by atoms with Crippen molar-refractivity contribution in [2.24, 2.45) is 0 Å². The molecular formula is C13H18NO3Si. The van der Waals surface area contributed by atoms with E-state index < -0.39 is 13.7 Å². The zero-order valence-corrected chi connectivity index (χ0v) is 11.8. The van der Waals surface area contributed by atoms with Crippen LogP contribution in [0.3, 0.4) is 0 Å². The van der Waals surface area contributed by atoms with Crippen LogP contribution in [0.5, 0.6) is 5.75 Å². The number of ether oxygens (including phenoxy) is 1. The number of nitro benzene ring substituents is 1. The first kappa shape index (κ1) is 14.4. The summed E-state index contributed by atoms with van der Waals surface area (Å²) >= 11 is 0. The number of rotatable bonds is 7. The lowest BCUT2D eigenvalue weighted by atomic mass is 10.3. The third-order valence-electron chi connectivity index (χ3n) is 2.77. The van der Waals surface area contributed by atoms with Gasteiger partial charge in [-0.3, -0.25) is 10.1 Å². The normalized spacial score (nSPS) is 12.2. The molecular weight excluding hydrogens is 246 g/mol. The van der Waals surface area contributed by atoms with Gasteiger partial charge in [-0.05, 0) is 18.0 Å². The van der Waals surface area contributed by atoms with Gasteiger partial charge in [0.25, 0.3) is 0 Å². The molecule has 1 aromatic carbocycles. The molecule has 1 radical (unpaired) electrons. The maximum atomic E-state index is 10.8. The Labute approximate surface area is 109 Å². The van der Waals surface area contributed by atoms with E-state index in [1.807, 2.05) is 6.08 Å². The van der Waals surface area contributed by atoms with Crippen LogP contribution in [0, 0.1) is 10.1 Å². The maximum absolute atomic E-state index is 10.8. The average Bonchev–Trinajstić information content (AvgIpc) is 2.34. The Morgan fingerprint density at radius 3 is 2.72 bits per heavy atom. The van der Waals surface area contributed by atoms with E-state index in [1.165, 1.54) is 6.07 Å². The number of hydrogen-bond donors (Lipinski definition) is 0. The molecule has 0 saturated carbocycles. The van der Waals surface area contributed by atoms with Crippen molar-refractivity contribution in [3.63, 3.8) is 0 Å². The summed E-state index contributed by atoms with van der Waals surface area (Å²) in [6.45, 7) is 8.75. The lowest BCUT2D eigenvalue weighted by Gasteiger charge is -2.15. The fourth-order valence-corrected chi connectivity index (χ4v) is 2.83. The van der Waals surface area contributed by atoms with Crippen molar-refractivity contribution in [3.05, 3.63) is 47.0 Å². The van der Waals surface area contributed by atoms with Gasteiger partial charge in [0.2, 0.25) is 0 Å². The lowest BCUT2D eigenvalue weighted by molar-refractivity contribution is -0.385. The number of nitro groups is 1. The van der Waals surface area contributed by atoms with Crippen LogP contribution in [-0.2, 0) is 0 Å². The SMILES string of the molecule is C=CC(CCOc1ccccc1[N+](=O)[O-])[Si](C)C. The molecule has 1 atom stereocenters. The van der Waals surface area contributed by atoms with Gasteiger partial charge in [0.05, 0.1) is 11.5 Å². The second kappa shape index (κ2) is 6.96. The quantitative estimate of drug-likeness (QED) is 0.327. The molecule has 18 heavy (non-hydrogen) atoms. The lowest BCUT2D eigenvalue weighted by Crippen LogP contribution is -2.13. The summed E-state index contributed by atoms with van der Waals surface area (Å²) in [5.74, 6) is 0.339. The highest BCUT2D eigenvalue weighted by Crippen LogP contribution is 2.26. The van der Waals surface area contributed by atoms with Gasteiger partial charge in [-0.15, -0.1) is 6.58 Å². The summed E-state index contributed by atoms with van der Waals surface area (Å²) in [4.78, 5) is 10.4. The Hall–Kier alpha value is -1.62. The molecule has 1 aromatic rings. The predicted octanol–water partition coefficient (Wildman–Crippen LogP) is 3.67. The minimum absolute atomic E-state index is 0.0196. The van der Waals surface area contributed by atoms with Crippen LogP contribution in [0.1, 0.15) is 6.42 Å². The van der Waals surface area contributed by atoms with Gasteiger partial charge in [-0.2, -0.15) is 0 Å². The summed E-state index contributed by atoms with van der Waals surface area (Å²) in [5, 5.41) is 10.8. The fourth-order valence-electron chi connectivity index (χ4n) is 1.67. The van der Waals surface area contributed by atoms with E-state index >= 15 is 0 Å². The minimum atomic E-state index is -0.436. The molecule has 0 bridgehead atoms. The number of allylic oxidation sites excluding steroid dienone is 1. The Morgan fingerprint density at radius 2 is 2.17 bits per heavy atom. The summed E-state index contributed by atoms with van der Waals surface area (Å²) in [6.07, 6.45) is 2.81. The molecule has 1 rings (SSSR count). The average molecular weight is 264 g/mol. The number of para-hydroxylation sites is 2. The number of nitrogens with zero attached hydrogens (tertiary/aromatic N) is 1. The van der Waals surface area contributed by atoms with Crippen LogP contribution >= 0.6 is 0 Å². The topological polar surface area (TPSA) is 52.4 Å². The summed E-state index contributed by atoms with van der Waals surface area (Å²) in [5.41, 5.74) is 0.490. The molecule has 0 aliphatic carbocycles. The molecule has 1 unspecified atom stereocenters. The molecule has 97 valence electrons. The van der Waals surface area contributed by atoms with E-state index in [1.54, 1.807) is 18.2 Å². The summed E-state index contributed by atoms with van der Waals surface area (Å²) < 4.78 is 5.51. The highest BCUT2D eigenvalue weighted by atomic mass is 28.3. The monoisotopic (exact) mass is 264 g/mol. The first-order valence-electron chi connectivity index (χ1n) is 5.85. The zero-order chi connectivity index (χ0) is 13.5. The van der Waals surface area contributed by atoms with E-state index in [0.29, 0.717) is 17.9 Å². The summed E-state index contributed by atoms with van der Waals surface area (Å²) in [6, 6.07) is 6.46. The van der Waals surface area contributed by atoms with Crippen molar-refractivity contribution in [1.82, 2.24) is 0 Å². The first-order valence-corrected chi connectivity index (χ1v) is 8.42. The van der Waals surface area contributed by atoms with Gasteiger partial charge in [-0.1, -0.05) is 31.3 Å². The highest BCUT2D eigenvalue weighted by Gasteiger charge is 2.15. The Bertz CT molecular complexity index is 420. The molecule has 0 N–H and O–H groups in total. The van der Waals surface area contributed by atoms with E-state index in [0.717, 1.165) is 6.42 Å². The van der Waals surface area contributed by atoms with Crippen LogP contribution in [0.2, 0.25) is 18.6 Å². The van der Waals surface area contributed by atoms with Gasteiger partial charge in [0.15, 0.2) is 5.75 Å². The van der Waals surface area contributed by atoms with Crippen LogP contribution in [0.25, 0.3) is 0 Å². The molecule has 0 aromatic heterocycles. The van der Waals surface area contributed by atoms with Gasteiger partial charge >= 0.3 is 5.69 Å². The predicted molar refractivity (Wildman–Crippen MR) is 74.6 cm³/mol. The van der Waals surface area contributed by atoms with Gasteiger partial charge in [-0.25, -0.2) is 0 Å². The van der Waals surface area contributed by atoms with E-state index in [4.69, 9.17) is 4.74 Å². The minimum Gasteiger partial charge on any atom is -0.487 e. The fraction of sp³-hybridized carbons (Fsp3) is 0.385. The van der Waals surface area contributed by atoms with Crippen molar-refractivity contribution in [2.75, 3.05) is 6.61 Å². The summed E-state index contributed by atoms with van der Waals surface area (Å²) in [7, 11) is -0.436. The smallest absolute Gasteiger partial charge is 0.310 e. The second-order valence-electron chi connectivity index (χ2n) is 4.28. The van der Waals surface area contributed by atoms with E-state index in [2.05, 4.69) is 19.7 Å². The number of hydrogen-bond acceptors (Lipinski definition) is 3. The van der Waals surface area contributed by atoms with Crippen LogP contribution in [0.15, 0.2) is 36.9 Å². The molecule has 0 spiro atoms. The molecule has 5 heteroatoms. The zero-order valence-electron chi connectivity index (χ0n) is 10.8. The highest BCUT2D eigenvalue weighted by molar-refractivity contribution is 6.58. The van der Waals surface area contributed by atoms with Crippen molar-refractivity contribution in [1.29, 1.82) is 0 Å².